The van der Waals surface area contributed by atoms with Gasteiger partial charge in [0.25, 0.3) is 11.8 Å². The topological polar surface area (TPSA) is 112 Å². The Morgan fingerprint density at radius 3 is 1.40 bits per heavy atom. The summed E-state index contributed by atoms with van der Waals surface area (Å²) in [6, 6.07) is 20.8. The Balaban J connectivity index is 1.02. The van der Waals surface area contributed by atoms with Crippen LogP contribution >= 0.6 is 69.6 Å². The smallest absolute Gasteiger partial charge is 0.272 e. The van der Waals surface area contributed by atoms with Gasteiger partial charge in [0.2, 0.25) is 0 Å². The Bertz CT molecular complexity index is 2350. The van der Waals surface area contributed by atoms with Crippen molar-refractivity contribution in [1.82, 2.24) is 30.2 Å². The molecule has 6 aromatic rings. The molecule has 2 aromatic heterocycles. The quantitative estimate of drug-likeness (QED) is 0.148. The molecule has 8 rings (SSSR count). The van der Waals surface area contributed by atoms with E-state index in [1.54, 1.807) is 70.0 Å². The summed E-state index contributed by atoms with van der Waals surface area (Å²) in [7, 11) is 0. The largest absolute Gasteiger partial charge is 0.492 e. The molecule has 55 heavy (non-hydrogen) atoms. The molecule has 4 aromatic carbocycles. The molecule has 2 N–H and O–H groups in total. The lowest BCUT2D eigenvalue weighted by molar-refractivity contribution is 0.0945. The third kappa shape index (κ3) is 7.35. The summed E-state index contributed by atoms with van der Waals surface area (Å²) in [5.74, 6) is 0.372. The Labute approximate surface area is 345 Å². The Kier molecular flexibility index (Phi) is 10.6. The maximum atomic E-state index is 13.8. The van der Waals surface area contributed by atoms with E-state index in [9.17, 15) is 9.59 Å². The molecular formula is C39H28Cl6N6O4. The molecule has 0 fully saturated rings. The van der Waals surface area contributed by atoms with Gasteiger partial charge in [-0.1, -0.05) is 69.6 Å². The van der Waals surface area contributed by atoms with Crippen LogP contribution in [0.5, 0.6) is 11.5 Å². The van der Waals surface area contributed by atoms with Crippen LogP contribution in [0.1, 0.15) is 38.5 Å². The first kappa shape index (κ1) is 37.5. The molecule has 0 saturated carbocycles. The van der Waals surface area contributed by atoms with Crippen LogP contribution in [-0.4, -0.2) is 57.7 Å². The fourth-order valence-electron chi connectivity index (χ4n) is 6.76. The standard InChI is InChI=1S/C39H28Cl6N6O4/c40-20-4-8-30(28(44)16-20)50-36-24-6-2-22(42)18-32(24)54-14-10-26(36)34(48-50)38(52)46-12-1-13-47-39(53)35-27-11-15-55-33-19-23(43)3-7-25(33)37(27)51(49-35)31-9-5-21(41)17-29(31)45/h2-9,16-19H,1,10-15H2,(H,46,52)(H,47,53). The molecule has 0 aliphatic carbocycles. The molecule has 0 atom stereocenters. The van der Waals surface area contributed by atoms with Crippen molar-refractivity contribution in [2.24, 2.45) is 0 Å². The Hall–Kier alpha value is -4.42. The number of halogens is 6. The molecule has 4 heterocycles. The lowest BCUT2D eigenvalue weighted by Gasteiger charge is -2.12. The molecule has 10 nitrogen and oxygen atoms in total. The summed E-state index contributed by atoms with van der Waals surface area (Å²) < 4.78 is 15.4. The van der Waals surface area contributed by atoms with Gasteiger partial charge in [0.1, 0.15) is 11.5 Å². The van der Waals surface area contributed by atoms with Crippen LogP contribution in [0.15, 0.2) is 72.8 Å². The van der Waals surface area contributed by atoms with E-state index in [1.807, 2.05) is 12.1 Å². The number of aromatic nitrogens is 4. The van der Waals surface area contributed by atoms with Gasteiger partial charge in [0.15, 0.2) is 11.4 Å². The van der Waals surface area contributed by atoms with Crippen LogP contribution in [0, 0.1) is 0 Å². The van der Waals surface area contributed by atoms with E-state index in [4.69, 9.17) is 89.3 Å². The SMILES string of the molecule is O=C(NCCCNC(=O)c1nn(-c2ccc(Cl)cc2Cl)c2c1CCOc1cc(Cl)ccc1-2)c1nn(-c2ccc(Cl)cc2Cl)c2c1CCOc1cc(Cl)ccc1-2. The van der Waals surface area contributed by atoms with Crippen LogP contribution in [-0.2, 0) is 12.8 Å². The number of nitrogens with zero attached hydrogens (tertiary/aromatic N) is 4. The fourth-order valence-corrected chi connectivity index (χ4v) is 8.06. The van der Waals surface area contributed by atoms with Gasteiger partial charge in [-0.3, -0.25) is 9.59 Å². The zero-order valence-corrected chi connectivity index (χ0v) is 33.1. The van der Waals surface area contributed by atoms with Crippen molar-refractivity contribution in [3.05, 3.63) is 125 Å². The van der Waals surface area contributed by atoms with Gasteiger partial charge in [0.05, 0.1) is 46.0 Å². The fraction of sp³-hybridized carbons (Fsp3) is 0.179. The molecule has 0 bridgehead atoms. The van der Waals surface area contributed by atoms with Crippen molar-refractivity contribution in [3.63, 3.8) is 0 Å². The number of carbonyl (C=O) groups is 2. The van der Waals surface area contributed by atoms with Crippen molar-refractivity contribution in [3.8, 4) is 45.4 Å². The maximum absolute atomic E-state index is 13.8. The zero-order valence-electron chi connectivity index (χ0n) is 28.6. The van der Waals surface area contributed by atoms with E-state index in [1.165, 1.54) is 0 Å². The first-order valence-electron chi connectivity index (χ1n) is 17.1. The van der Waals surface area contributed by atoms with E-state index in [2.05, 4.69) is 10.6 Å². The third-order valence-electron chi connectivity index (χ3n) is 9.21. The molecule has 0 spiro atoms. The third-order valence-corrected chi connectivity index (χ3v) is 10.8. The second-order valence-corrected chi connectivity index (χ2v) is 15.3. The number of fused-ring (bicyclic) bond motifs is 6. The zero-order chi connectivity index (χ0) is 38.4. The minimum Gasteiger partial charge on any atom is -0.492 e. The lowest BCUT2D eigenvalue weighted by Crippen LogP contribution is -2.31. The molecule has 2 aliphatic heterocycles. The summed E-state index contributed by atoms with van der Waals surface area (Å²) in [5, 5.41) is 18.1. The highest BCUT2D eigenvalue weighted by molar-refractivity contribution is 6.36. The molecule has 0 unspecified atom stereocenters. The molecule has 16 heteroatoms. The minimum atomic E-state index is -0.383. The lowest BCUT2D eigenvalue weighted by atomic mass is 10.0. The first-order valence-corrected chi connectivity index (χ1v) is 19.4. The van der Waals surface area contributed by atoms with Gasteiger partial charge in [-0.2, -0.15) is 10.2 Å². The van der Waals surface area contributed by atoms with E-state index in [0.29, 0.717) is 108 Å². The van der Waals surface area contributed by atoms with Gasteiger partial charge in [-0.05, 0) is 79.2 Å². The van der Waals surface area contributed by atoms with Crippen molar-refractivity contribution in [2.45, 2.75) is 19.3 Å². The predicted molar refractivity (Wildman–Crippen MR) is 216 cm³/mol. The summed E-state index contributed by atoms with van der Waals surface area (Å²) in [6.07, 6.45) is 1.24. The van der Waals surface area contributed by atoms with Crippen molar-refractivity contribution in [2.75, 3.05) is 26.3 Å². The van der Waals surface area contributed by atoms with Crippen LogP contribution in [0.3, 0.4) is 0 Å². The van der Waals surface area contributed by atoms with Gasteiger partial charge in [-0.25, -0.2) is 9.36 Å². The Morgan fingerprint density at radius 1 is 0.582 bits per heavy atom. The van der Waals surface area contributed by atoms with Gasteiger partial charge in [-0.15, -0.1) is 0 Å². The minimum absolute atomic E-state index is 0.231. The number of ether oxygens (including phenoxy) is 2. The predicted octanol–water partition coefficient (Wildman–Crippen LogP) is 9.73. The first-order chi connectivity index (χ1) is 26.6. The number of benzene rings is 4. The van der Waals surface area contributed by atoms with E-state index in [0.717, 1.165) is 11.1 Å². The molecule has 0 radical (unpaired) electrons. The highest BCUT2D eigenvalue weighted by atomic mass is 35.5. The van der Waals surface area contributed by atoms with E-state index in [-0.39, 0.29) is 36.3 Å². The van der Waals surface area contributed by atoms with Gasteiger partial charge in [0, 0.05) is 68.3 Å². The second kappa shape index (κ2) is 15.6. The highest BCUT2D eigenvalue weighted by Gasteiger charge is 2.31. The number of hydrogen-bond acceptors (Lipinski definition) is 6. The molecule has 0 saturated heterocycles. The molecule has 280 valence electrons. The van der Waals surface area contributed by atoms with Crippen molar-refractivity contribution >= 4 is 81.4 Å². The van der Waals surface area contributed by atoms with Crippen molar-refractivity contribution < 1.29 is 19.1 Å². The van der Waals surface area contributed by atoms with Gasteiger partial charge < -0.3 is 20.1 Å². The molecular weight excluding hydrogens is 829 g/mol. The van der Waals surface area contributed by atoms with E-state index < -0.39 is 0 Å². The number of amides is 2. The number of rotatable bonds is 8. The maximum Gasteiger partial charge on any atom is 0.272 e. The van der Waals surface area contributed by atoms with Crippen LogP contribution in [0.2, 0.25) is 30.1 Å². The Morgan fingerprint density at radius 2 is 0.982 bits per heavy atom. The average molecular weight is 857 g/mol. The number of carbonyl (C=O) groups excluding carboxylic acids is 2. The second-order valence-electron chi connectivity index (χ2n) is 12.7. The monoisotopic (exact) mass is 854 g/mol. The summed E-state index contributed by atoms with van der Waals surface area (Å²) >= 11 is 38.3. The van der Waals surface area contributed by atoms with Crippen molar-refractivity contribution in [1.29, 1.82) is 0 Å². The number of nitrogens with one attached hydrogen (secondary N) is 2. The molecule has 2 amide bonds. The number of hydrogen-bond donors (Lipinski definition) is 2. The summed E-state index contributed by atoms with van der Waals surface area (Å²) in [5.41, 5.74) is 5.72. The summed E-state index contributed by atoms with van der Waals surface area (Å²) in [6.45, 7) is 1.11. The van der Waals surface area contributed by atoms with E-state index >= 15 is 0 Å². The average Bonchev–Trinajstić information content (AvgIpc) is 3.57. The highest BCUT2D eigenvalue weighted by Crippen LogP contribution is 2.42. The van der Waals surface area contributed by atoms with Crippen LogP contribution in [0.25, 0.3) is 33.9 Å². The van der Waals surface area contributed by atoms with Crippen LogP contribution < -0.4 is 20.1 Å². The molecule has 2 aliphatic rings. The van der Waals surface area contributed by atoms with Crippen LogP contribution in [0.4, 0.5) is 0 Å². The summed E-state index contributed by atoms with van der Waals surface area (Å²) in [4.78, 5) is 27.5. The van der Waals surface area contributed by atoms with Gasteiger partial charge >= 0.3 is 0 Å². The normalized spacial score (nSPS) is 12.9.